The first-order valence-electron chi connectivity index (χ1n) is 2.10. The van der Waals surface area contributed by atoms with Gasteiger partial charge in [0.2, 0.25) is 0 Å². The van der Waals surface area contributed by atoms with Crippen molar-refractivity contribution in [2.45, 2.75) is 0 Å². The van der Waals surface area contributed by atoms with Gasteiger partial charge in [-0.2, -0.15) is 5.10 Å². The second-order valence-electron chi connectivity index (χ2n) is 1.35. The molecule has 0 spiro atoms. The van der Waals surface area contributed by atoms with Gasteiger partial charge in [0.05, 0.1) is 5.69 Å². The van der Waals surface area contributed by atoms with Crippen LogP contribution in [-0.4, -0.2) is 10.2 Å². The standard InChI is InChI=1S/C5H4ClN2/c1-4-2-3-5(6)8-7-4/h2-3H,1H2. The average Bonchev–Trinajstić information content (AvgIpc) is 1.77. The lowest BCUT2D eigenvalue weighted by molar-refractivity contribution is 1.01. The molecule has 0 unspecified atom stereocenters. The van der Waals surface area contributed by atoms with Crippen LogP contribution in [0.4, 0.5) is 0 Å². The Morgan fingerprint density at radius 3 is 2.50 bits per heavy atom. The van der Waals surface area contributed by atoms with Crippen molar-refractivity contribution in [3.63, 3.8) is 0 Å². The van der Waals surface area contributed by atoms with E-state index < -0.39 is 0 Å². The Morgan fingerprint density at radius 1 is 1.38 bits per heavy atom. The van der Waals surface area contributed by atoms with Gasteiger partial charge in [-0.25, -0.2) is 0 Å². The van der Waals surface area contributed by atoms with Gasteiger partial charge in [-0.1, -0.05) is 11.6 Å². The molecule has 1 rings (SSSR count). The smallest absolute Gasteiger partial charge is 0.151 e. The zero-order valence-electron chi connectivity index (χ0n) is 4.13. The Labute approximate surface area is 52.5 Å². The van der Waals surface area contributed by atoms with Gasteiger partial charge in [-0.3, -0.25) is 0 Å². The summed E-state index contributed by atoms with van der Waals surface area (Å²) in [7, 11) is 0. The van der Waals surface area contributed by atoms with E-state index in [1.165, 1.54) is 0 Å². The van der Waals surface area contributed by atoms with E-state index in [9.17, 15) is 0 Å². The van der Waals surface area contributed by atoms with E-state index in [0.29, 0.717) is 10.8 Å². The van der Waals surface area contributed by atoms with Crippen molar-refractivity contribution in [3.05, 3.63) is 29.9 Å². The minimum atomic E-state index is 0.400. The van der Waals surface area contributed by atoms with Crippen LogP contribution in [0.2, 0.25) is 5.15 Å². The molecular weight excluding hydrogens is 124 g/mol. The Hall–Kier alpha value is -0.630. The highest BCUT2D eigenvalue weighted by Gasteiger charge is 1.85. The fourth-order valence-electron chi connectivity index (χ4n) is 0.344. The zero-order chi connectivity index (χ0) is 5.98. The maximum atomic E-state index is 5.41. The van der Waals surface area contributed by atoms with E-state index in [4.69, 9.17) is 11.6 Å². The van der Waals surface area contributed by atoms with Gasteiger partial charge in [0, 0.05) is 0 Å². The molecule has 0 bridgehead atoms. The number of hydrogen-bond acceptors (Lipinski definition) is 2. The van der Waals surface area contributed by atoms with Crippen LogP contribution in [0.1, 0.15) is 5.69 Å². The Kier molecular flexibility index (Phi) is 1.44. The normalized spacial score (nSPS) is 9.25. The summed E-state index contributed by atoms with van der Waals surface area (Å²) in [6.07, 6.45) is 0. The van der Waals surface area contributed by atoms with Crippen LogP contribution in [0, 0.1) is 6.92 Å². The molecule has 0 N–H and O–H groups in total. The predicted octanol–water partition coefficient (Wildman–Crippen LogP) is 1.31. The van der Waals surface area contributed by atoms with Crippen LogP contribution >= 0.6 is 11.6 Å². The molecule has 8 heavy (non-hydrogen) atoms. The van der Waals surface area contributed by atoms with E-state index in [0.717, 1.165) is 0 Å². The topological polar surface area (TPSA) is 25.8 Å². The molecule has 0 aliphatic heterocycles. The van der Waals surface area contributed by atoms with Gasteiger partial charge in [0.1, 0.15) is 0 Å². The van der Waals surface area contributed by atoms with Crippen molar-refractivity contribution in [2.24, 2.45) is 0 Å². The minimum Gasteiger partial charge on any atom is -0.154 e. The molecule has 0 aliphatic rings. The molecule has 0 atom stereocenters. The van der Waals surface area contributed by atoms with Gasteiger partial charge < -0.3 is 0 Å². The molecular formula is C5H4ClN2. The van der Waals surface area contributed by atoms with Crippen LogP contribution in [-0.2, 0) is 0 Å². The number of hydrogen-bond donors (Lipinski definition) is 0. The molecule has 1 aromatic rings. The summed E-state index contributed by atoms with van der Waals surface area (Å²) in [4.78, 5) is 0. The molecule has 0 fully saturated rings. The maximum Gasteiger partial charge on any atom is 0.151 e. The molecule has 0 amide bonds. The highest BCUT2D eigenvalue weighted by molar-refractivity contribution is 6.29. The average molecular weight is 128 g/mol. The molecule has 1 radical (unpaired) electrons. The number of aromatic nitrogens is 2. The highest BCUT2D eigenvalue weighted by Crippen LogP contribution is 1.99. The van der Waals surface area contributed by atoms with Crippen molar-refractivity contribution < 1.29 is 0 Å². The third-order valence-corrected chi connectivity index (χ3v) is 0.889. The molecule has 3 heteroatoms. The molecule has 0 saturated carbocycles. The summed E-state index contributed by atoms with van der Waals surface area (Å²) in [6, 6.07) is 3.35. The number of nitrogens with zero attached hydrogens (tertiary/aromatic N) is 2. The fraction of sp³-hybridized carbons (Fsp3) is 0. The van der Waals surface area contributed by atoms with Crippen molar-refractivity contribution in [2.75, 3.05) is 0 Å². The summed E-state index contributed by atoms with van der Waals surface area (Å²) >= 11 is 5.41. The molecule has 0 aliphatic carbocycles. The fourth-order valence-corrected chi connectivity index (χ4v) is 0.444. The summed E-state index contributed by atoms with van der Waals surface area (Å²) in [5, 5.41) is 7.52. The molecule has 2 nitrogen and oxygen atoms in total. The van der Waals surface area contributed by atoms with Crippen LogP contribution in [0.25, 0.3) is 0 Å². The first kappa shape index (κ1) is 5.51. The number of rotatable bonds is 0. The molecule has 41 valence electrons. The van der Waals surface area contributed by atoms with E-state index in [1.807, 2.05) is 0 Å². The van der Waals surface area contributed by atoms with E-state index in [1.54, 1.807) is 12.1 Å². The summed E-state index contributed by atoms with van der Waals surface area (Å²) in [6.45, 7) is 3.53. The van der Waals surface area contributed by atoms with Gasteiger partial charge >= 0.3 is 0 Å². The summed E-state index contributed by atoms with van der Waals surface area (Å²) in [5.74, 6) is 0. The van der Waals surface area contributed by atoms with Crippen molar-refractivity contribution >= 4 is 11.6 Å². The lowest BCUT2D eigenvalue weighted by Gasteiger charge is -1.85. The Bertz CT molecular complexity index is 149. The molecule has 0 aromatic carbocycles. The summed E-state index contributed by atoms with van der Waals surface area (Å²) in [5.41, 5.74) is 0.634. The van der Waals surface area contributed by atoms with E-state index >= 15 is 0 Å². The lowest BCUT2D eigenvalue weighted by atomic mass is 10.4. The predicted molar refractivity (Wildman–Crippen MR) is 31.5 cm³/mol. The third-order valence-electron chi connectivity index (χ3n) is 0.687. The third kappa shape index (κ3) is 1.17. The van der Waals surface area contributed by atoms with Crippen LogP contribution in [0.5, 0.6) is 0 Å². The quantitative estimate of drug-likeness (QED) is 0.525. The maximum absolute atomic E-state index is 5.41. The van der Waals surface area contributed by atoms with E-state index in [-0.39, 0.29) is 0 Å². The van der Waals surface area contributed by atoms with E-state index in [2.05, 4.69) is 17.1 Å². The monoisotopic (exact) mass is 127 g/mol. The SMILES string of the molecule is [CH2]c1ccc(Cl)nn1. The zero-order valence-corrected chi connectivity index (χ0v) is 4.89. The van der Waals surface area contributed by atoms with Gasteiger partial charge in [0.15, 0.2) is 5.15 Å². The number of halogens is 1. The summed E-state index contributed by atoms with van der Waals surface area (Å²) < 4.78 is 0. The second-order valence-corrected chi connectivity index (χ2v) is 1.73. The van der Waals surface area contributed by atoms with Crippen molar-refractivity contribution in [3.8, 4) is 0 Å². The van der Waals surface area contributed by atoms with Gasteiger partial charge in [0.25, 0.3) is 0 Å². The molecule has 1 heterocycles. The van der Waals surface area contributed by atoms with Crippen LogP contribution in [0.3, 0.4) is 0 Å². The first-order chi connectivity index (χ1) is 3.79. The van der Waals surface area contributed by atoms with Crippen LogP contribution in [0.15, 0.2) is 12.1 Å². The van der Waals surface area contributed by atoms with Crippen molar-refractivity contribution in [1.29, 1.82) is 0 Å². The molecule has 0 saturated heterocycles. The Balaban J connectivity index is 3.03. The first-order valence-corrected chi connectivity index (χ1v) is 2.48. The molecule has 1 aromatic heterocycles. The Morgan fingerprint density at radius 2 is 2.12 bits per heavy atom. The van der Waals surface area contributed by atoms with Crippen LogP contribution < -0.4 is 0 Å². The lowest BCUT2D eigenvalue weighted by Crippen LogP contribution is -1.83. The van der Waals surface area contributed by atoms with Crippen molar-refractivity contribution in [1.82, 2.24) is 10.2 Å². The highest BCUT2D eigenvalue weighted by atomic mass is 35.5. The largest absolute Gasteiger partial charge is 0.154 e. The van der Waals surface area contributed by atoms with Gasteiger partial charge in [-0.05, 0) is 19.1 Å². The van der Waals surface area contributed by atoms with Gasteiger partial charge in [-0.15, -0.1) is 5.10 Å². The second kappa shape index (κ2) is 2.09. The minimum absolute atomic E-state index is 0.400.